The fraction of sp³-hybridized carbons (Fsp3) is 0.725. The Kier molecular flexibility index (Phi) is 33.1. The molecule has 0 heterocycles. The largest absolute Gasteiger partial charge is 0.481 e. The van der Waals surface area contributed by atoms with Crippen molar-refractivity contribution in [3.63, 3.8) is 0 Å². The number of primary amides is 1. The van der Waals surface area contributed by atoms with E-state index in [4.69, 9.17) is 22.9 Å². The highest BCUT2D eigenvalue weighted by atomic mass is 16.4. The zero-order valence-corrected chi connectivity index (χ0v) is 48.3. The zero-order chi connectivity index (χ0) is 62.6. The number of hydrogen-bond acceptors (Lipinski definition) is 15. The number of carbonyl (C=O) groups excluding carboxylic acids is 10. The van der Waals surface area contributed by atoms with Crippen molar-refractivity contribution in [1.29, 1.82) is 0 Å². The molecule has 10 amide bonds. The third kappa shape index (κ3) is 29.4. The van der Waals surface area contributed by atoms with Crippen LogP contribution >= 0.6 is 0 Å². The molecule has 20 N–H and O–H groups in total. The first-order chi connectivity index (χ1) is 37.5. The minimum Gasteiger partial charge on any atom is -0.481 e. The molecule has 0 fully saturated rings. The first-order valence-electron chi connectivity index (χ1n) is 27.0. The van der Waals surface area contributed by atoms with E-state index >= 15 is 0 Å². The Bertz CT molecular complexity index is 2220. The molecule has 0 spiro atoms. The quantitative estimate of drug-likeness (QED) is 0.0165. The average Bonchev–Trinajstić information content (AvgIpc) is 3.34. The van der Waals surface area contributed by atoms with E-state index in [1.165, 1.54) is 13.8 Å². The summed E-state index contributed by atoms with van der Waals surface area (Å²) >= 11 is 0. The molecule has 0 aliphatic rings. The molecule has 11 atom stereocenters. The van der Waals surface area contributed by atoms with Crippen LogP contribution in [0.4, 0.5) is 0 Å². The van der Waals surface area contributed by atoms with E-state index in [1.54, 1.807) is 48.5 Å². The molecule has 0 aromatic carbocycles. The summed E-state index contributed by atoms with van der Waals surface area (Å²) < 4.78 is 0. The van der Waals surface area contributed by atoms with E-state index in [2.05, 4.69) is 52.8 Å². The number of carboxylic acid groups (broad SMARTS) is 3. The highest BCUT2D eigenvalue weighted by molar-refractivity contribution is 6.00. The molecular formula is C51H90N14O16. The van der Waals surface area contributed by atoms with E-state index in [1.807, 2.05) is 13.8 Å². The van der Waals surface area contributed by atoms with Gasteiger partial charge in [-0.2, -0.15) is 0 Å². The topological polar surface area (TPSA) is 507 Å². The zero-order valence-electron chi connectivity index (χ0n) is 48.3. The molecule has 0 radical (unpaired) electrons. The molecule has 0 unspecified atom stereocenters. The monoisotopic (exact) mass is 1150 g/mol. The molecule has 0 saturated carbocycles. The van der Waals surface area contributed by atoms with E-state index in [-0.39, 0.29) is 68.8 Å². The number of aliphatic carboxylic acids is 3. The molecule has 0 aliphatic heterocycles. The van der Waals surface area contributed by atoms with Crippen LogP contribution < -0.4 is 70.8 Å². The van der Waals surface area contributed by atoms with Crippen LogP contribution in [0.1, 0.15) is 140 Å². The fourth-order valence-corrected chi connectivity index (χ4v) is 7.88. The van der Waals surface area contributed by atoms with Crippen LogP contribution in [-0.2, 0) is 62.3 Å². The predicted molar refractivity (Wildman–Crippen MR) is 294 cm³/mol. The van der Waals surface area contributed by atoms with Gasteiger partial charge < -0.3 is 86.1 Å². The van der Waals surface area contributed by atoms with Crippen molar-refractivity contribution in [1.82, 2.24) is 47.9 Å². The first kappa shape index (κ1) is 73.3. The van der Waals surface area contributed by atoms with Gasteiger partial charge in [0.05, 0.1) is 18.9 Å². The maximum absolute atomic E-state index is 14.1. The molecule has 0 rings (SSSR count). The van der Waals surface area contributed by atoms with Crippen LogP contribution in [0.15, 0.2) is 4.99 Å². The highest BCUT2D eigenvalue weighted by Crippen LogP contribution is 2.14. The second-order valence-electron chi connectivity index (χ2n) is 21.7. The Labute approximate surface area is 472 Å². The minimum absolute atomic E-state index is 0.00873. The third-order valence-electron chi connectivity index (χ3n) is 12.4. The van der Waals surface area contributed by atoms with E-state index in [0.29, 0.717) is 0 Å². The molecule has 0 bridgehead atoms. The Morgan fingerprint density at radius 3 is 1.31 bits per heavy atom. The van der Waals surface area contributed by atoms with Crippen LogP contribution in [-0.4, -0.2) is 165 Å². The summed E-state index contributed by atoms with van der Waals surface area (Å²) in [6.07, 6.45) is -2.70. The van der Waals surface area contributed by atoms with Gasteiger partial charge in [0.2, 0.25) is 59.1 Å². The SMILES string of the molecule is CC[C@H](C)[C@H](NC(=O)[C@H](CC(=O)O)NC(=O)[C@H](CC(N)=O)NC(=O)[C@H](CCCN=C(N)N)NC(=O)[C@@H](N)CC(C)C)C(=O)N[C@@H](CCC(=O)O)C(=O)N[C@@H](C)C(=O)N[C@@H](CC(C)C)C(=O)N[C@@H](CC(C)C)C(=O)N[C@H](C(=O)O)C(C)C. The Hall–Kier alpha value is -7.66. The van der Waals surface area contributed by atoms with Gasteiger partial charge in [0.15, 0.2) is 5.96 Å². The summed E-state index contributed by atoms with van der Waals surface area (Å²) in [6, 6.07) is -14.8. The maximum atomic E-state index is 14.1. The molecule has 0 saturated heterocycles. The lowest BCUT2D eigenvalue weighted by Crippen LogP contribution is -2.61. The van der Waals surface area contributed by atoms with Crippen molar-refractivity contribution in [2.75, 3.05) is 6.54 Å². The Morgan fingerprint density at radius 1 is 0.444 bits per heavy atom. The highest BCUT2D eigenvalue weighted by Gasteiger charge is 2.37. The molecule has 30 nitrogen and oxygen atoms in total. The number of carbonyl (C=O) groups is 13. The second kappa shape index (κ2) is 36.6. The summed E-state index contributed by atoms with van der Waals surface area (Å²) in [5.41, 5.74) is 22.2. The summed E-state index contributed by atoms with van der Waals surface area (Å²) in [5, 5.41) is 50.7. The van der Waals surface area contributed by atoms with Gasteiger partial charge in [0, 0.05) is 13.0 Å². The average molecular weight is 1160 g/mol. The molecule has 0 aromatic rings. The lowest BCUT2D eigenvalue weighted by atomic mass is 9.96. The van der Waals surface area contributed by atoms with E-state index < -0.39 is 175 Å². The number of nitrogens with zero attached hydrogens (tertiary/aromatic N) is 1. The smallest absolute Gasteiger partial charge is 0.326 e. The van der Waals surface area contributed by atoms with Crippen molar-refractivity contribution < 1.29 is 77.6 Å². The van der Waals surface area contributed by atoms with Crippen molar-refractivity contribution >= 4 is 82.9 Å². The summed E-state index contributed by atoms with van der Waals surface area (Å²) in [4.78, 5) is 175. The minimum atomic E-state index is -2.01. The van der Waals surface area contributed by atoms with Crippen LogP contribution in [0.3, 0.4) is 0 Å². The van der Waals surface area contributed by atoms with E-state index in [9.17, 15) is 77.6 Å². The predicted octanol–water partition coefficient (Wildman–Crippen LogP) is -3.11. The summed E-state index contributed by atoms with van der Waals surface area (Å²) in [6.45, 7) is 18.3. The number of carboxylic acids is 3. The molecule has 0 aliphatic carbocycles. The van der Waals surface area contributed by atoms with Gasteiger partial charge in [-0.3, -0.25) is 62.5 Å². The van der Waals surface area contributed by atoms with Crippen LogP contribution in [0.5, 0.6) is 0 Å². The lowest BCUT2D eigenvalue weighted by molar-refractivity contribution is -0.143. The lowest BCUT2D eigenvalue weighted by Gasteiger charge is -2.29. The number of guanidine groups is 1. The number of aliphatic imine (C=N–C) groups is 1. The molecule has 0 aromatic heterocycles. The molecule has 460 valence electrons. The van der Waals surface area contributed by atoms with Crippen LogP contribution in [0.2, 0.25) is 0 Å². The van der Waals surface area contributed by atoms with Crippen molar-refractivity contribution in [2.45, 2.75) is 201 Å². The number of hydrogen-bond donors (Lipinski definition) is 16. The molecular weight excluding hydrogens is 1060 g/mol. The number of amides is 10. The summed E-state index contributed by atoms with van der Waals surface area (Å²) in [5.74, 6) is -16.3. The first-order valence-corrected chi connectivity index (χ1v) is 27.0. The molecule has 30 heteroatoms. The van der Waals surface area contributed by atoms with Gasteiger partial charge in [0.25, 0.3) is 0 Å². The van der Waals surface area contributed by atoms with Crippen LogP contribution in [0.25, 0.3) is 0 Å². The van der Waals surface area contributed by atoms with Gasteiger partial charge in [-0.25, -0.2) is 4.79 Å². The third-order valence-corrected chi connectivity index (χ3v) is 12.4. The van der Waals surface area contributed by atoms with Gasteiger partial charge in [-0.05, 0) is 75.0 Å². The standard InChI is InChI=1S/C51H90N14O16/c1-12-27(10)40(65-48(78)35(22-38(69)70)63-46(76)34(21-36(53)66)62-44(74)30(14-13-17-56-51(54)55)58-42(72)29(52)18-23(2)3)49(79)59-31(15-16-37(67)68)43(73)57-28(11)41(71)60-32(19-24(4)5)45(75)61-33(20-25(6)7)47(77)64-39(26(8)9)50(80)81/h23-35,39-40H,12-22,52H2,1-11H3,(H2,53,66)(H,57,73)(H,58,72)(H,59,79)(H,60,71)(H,61,75)(H,62,74)(H,63,76)(H,64,77)(H,65,78)(H,67,68)(H,69,70)(H,80,81)(H4,54,55,56)/t27-,28-,29-,30-,31-,32-,33-,34-,35-,39-,40-/m0/s1. The van der Waals surface area contributed by atoms with Crippen molar-refractivity contribution in [2.24, 2.45) is 57.5 Å². The van der Waals surface area contributed by atoms with E-state index in [0.717, 1.165) is 0 Å². The van der Waals surface area contributed by atoms with Crippen molar-refractivity contribution in [3.05, 3.63) is 0 Å². The van der Waals surface area contributed by atoms with Crippen LogP contribution in [0, 0.1) is 29.6 Å². The maximum Gasteiger partial charge on any atom is 0.326 e. The van der Waals surface area contributed by atoms with Crippen molar-refractivity contribution in [3.8, 4) is 0 Å². The van der Waals surface area contributed by atoms with Gasteiger partial charge in [0.1, 0.15) is 54.4 Å². The van der Waals surface area contributed by atoms with Gasteiger partial charge in [-0.1, -0.05) is 75.7 Å². The Morgan fingerprint density at radius 2 is 0.852 bits per heavy atom. The number of rotatable bonds is 39. The van der Waals surface area contributed by atoms with Gasteiger partial charge in [-0.15, -0.1) is 0 Å². The normalized spacial score (nSPS) is 15.3. The number of nitrogens with two attached hydrogens (primary N) is 4. The summed E-state index contributed by atoms with van der Waals surface area (Å²) in [7, 11) is 0. The number of nitrogens with one attached hydrogen (secondary N) is 9. The fourth-order valence-electron chi connectivity index (χ4n) is 7.88. The second-order valence-corrected chi connectivity index (χ2v) is 21.7. The van der Waals surface area contributed by atoms with Gasteiger partial charge >= 0.3 is 17.9 Å². The molecule has 81 heavy (non-hydrogen) atoms. The Balaban J connectivity index is 6.70.